The highest BCUT2D eigenvalue weighted by atomic mass is 32.1. The lowest BCUT2D eigenvalue weighted by atomic mass is 9.86. The van der Waals surface area contributed by atoms with Gasteiger partial charge in [0.15, 0.2) is 5.13 Å². The summed E-state index contributed by atoms with van der Waals surface area (Å²) < 4.78 is 0. The summed E-state index contributed by atoms with van der Waals surface area (Å²) in [5.74, 6) is 0.816. The van der Waals surface area contributed by atoms with E-state index in [1.165, 1.54) is 19.3 Å². The van der Waals surface area contributed by atoms with Crippen molar-refractivity contribution in [1.29, 1.82) is 0 Å². The molecule has 2 fully saturated rings. The smallest absolute Gasteiger partial charge is 0.237 e. The lowest BCUT2D eigenvalue weighted by molar-refractivity contribution is -0.127. The molecule has 1 aromatic heterocycles. The number of aromatic nitrogens is 1. The largest absolute Gasteiger partial charge is 0.352 e. The SMILES string of the molecule is CC1CCCCC1NC(=O)C(C)N1CCCN(c2nccs2)CC1. The summed E-state index contributed by atoms with van der Waals surface area (Å²) in [7, 11) is 0. The number of nitrogens with zero attached hydrogens (tertiary/aromatic N) is 3. The van der Waals surface area contributed by atoms with E-state index in [4.69, 9.17) is 0 Å². The van der Waals surface area contributed by atoms with Gasteiger partial charge in [-0.05, 0) is 32.1 Å². The van der Waals surface area contributed by atoms with Crippen LogP contribution < -0.4 is 10.2 Å². The van der Waals surface area contributed by atoms with Crippen LogP contribution in [0.4, 0.5) is 5.13 Å². The van der Waals surface area contributed by atoms with Crippen LogP contribution in [0.3, 0.4) is 0 Å². The average molecular weight is 351 g/mol. The Labute approximate surface area is 149 Å². The van der Waals surface area contributed by atoms with E-state index < -0.39 is 0 Å². The molecule has 3 rings (SSSR count). The molecule has 1 aliphatic carbocycles. The van der Waals surface area contributed by atoms with Crippen LogP contribution in [0.1, 0.15) is 46.0 Å². The minimum absolute atomic E-state index is 0.0460. The molecule has 1 amide bonds. The molecular formula is C18H30N4OS. The molecule has 0 spiro atoms. The van der Waals surface area contributed by atoms with E-state index in [9.17, 15) is 4.79 Å². The minimum atomic E-state index is -0.0460. The first-order valence-corrected chi connectivity index (χ1v) is 10.2. The third-order valence-corrected chi connectivity index (χ3v) is 6.42. The molecule has 0 aromatic carbocycles. The maximum Gasteiger partial charge on any atom is 0.237 e. The van der Waals surface area contributed by atoms with Gasteiger partial charge in [-0.3, -0.25) is 9.69 Å². The first-order chi connectivity index (χ1) is 11.6. The van der Waals surface area contributed by atoms with Crippen molar-refractivity contribution in [2.45, 2.75) is 58.0 Å². The van der Waals surface area contributed by atoms with Gasteiger partial charge in [0.2, 0.25) is 5.91 Å². The van der Waals surface area contributed by atoms with Crippen LogP contribution in [-0.4, -0.2) is 54.1 Å². The van der Waals surface area contributed by atoms with Crippen LogP contribution >= 0.6 is 11.3 Å². The molecule has 3 atom stereocenters. The first-order valence-electron chi connectivity index (χ1n) is 9.34. The number of carbonyl (C=O) groups excluding carboxylic acids is 1. The average Bonchev–Trinajstić information content (AvgIpc) is 3.01. The van der Waals surface area contributed by atoms with Crippen LogP contribution in [-0.2, 0) is 4.79 Å². The maximum atomic E-state index is 12.7. The predicted molar refractivity (Wildman–Crippen MR) is 99.5 cm³/mol. The Morgan fingerprint density at radius 2 is 2.08 bits per heavy atom. The molecule has 0 bridgehead atoms. The fraction of sp³-hybridized carbons (Fsp3) is 0.778. The zero-order valence-corrected chi connectivity index (χ0v) is 15.7. The van der Waals surface area contributed by atoms with Crippen molar-refractivity contribution in [3.05, 3.63) is 11.6 Å². The Morgan fingerprint density at radius 3 is 2.83 bits per heavy atom. The number of hydrogen-bond donors (Lipinski definition) is 1. The fourth-order valence-electron chi connectivity index (χ4n) is 3.89. The van der Waals surface area contributed by atoms with Gasteiger partial charge < -0.3 is 10.2 Å². The van der Waals surface area contributed by atoms with E-state index in [2.05, 4.69) is 33.9 Å². The summed E-state index contributed by atoms with van der Waals surface area (Å²) in [6, 6.07) is 0.322. The second-order valence-electron chi connectivity index (χ2n) is 7.24. The van der Waals surface area contributed by atoms with Gasteiger partial charge in [0.25, 0.3) is 0 Å². The van der Waals surface area contributed by atoms with Gasteiger partial charge in [0, 0.05) is 43.8 Å². The van der Waals surface area contributed by atoms with Gasteiger partial charge in [-0.2, -0.15) is 0 Å². The van der Waals surface area contributed by atoms with Crippen molar-refractivity contribution in [2.24, 2.45) is 5.92 Å². The Bertz CT molecular complexity index is 521. The number of nitrogens with one attached hydrogen (secondary N) is 1. The number of hydrogen-bond acceptors (Lipinski definition) is 5. The lowest BCUT2D eigenvalue weighted by Gasteiger charge is -2.33. The highest BCUT2D eigenvalue weighted by Gasteiger charge is 2.28. The number of carbonyl (C=O) groups is 1. The molecule has 3 unspecified atom stereocenters. The molecule has 5 nitrogen and oxygen atoms in total. The molecule has 1 saturated heterocycles. The topological polar surface area (TPSA) is 48.5 Å². The third kappa shape index (κ3) is 4.28. The molecule has 1 aromatic rings. The van der Waals surface area contributed by atoms with E-state index in [1.807, 2.05) is 11.6 Å². The molecule has 1 saturated carbocycles. The monoisotopic (exact) mass is 350 g/mol. The van der Waals surface area contributed by atoms with Gasteiger partial charge in [-0.25, -0.2) is 4.98 Å². The van der Waals surface area contributed by atoms with E-state index in [0.717, 1.165) is 44.2 Å². The zero-order chi connectivity index (χ0) is 16.9. The van der Waals surface area contributed by atoms with Crippen LogP contribution in [0.2, 0.25) is 0 Å². The molecular weight excluding hydrogens is 320 g/mol. The van der Waals surface area contributed by atoms with Crippen LogP contribution in [0.5, 0.6) is 0 Å². The Hall–Kier alpha value is -1.14. The van der Waals surface area contributed by atoms with Crippen molar-refractivity contribution in [3.63, 3.8) is 0 Å². The quantitative estimate of drug-likeness (QED) is 0.907. The molecule has 24 heavy (non-hydrogen) atoms. The summed E-state index contributed by atoms with van der Waals surface area (Å²) in [4.78, 5) is 21.8. The van der Waals surface area contributed by atoms with Crippen LogP contribution in [0.25, 0.3) is 0 Å². The second kappa shape index (κ2) is 8.30. The molecule has 0 radical (unpaired) electrons. The Balaban J connectivity index is 1.52. The number of thiazole rings is 1. The van der Waals surface area contributed by atoms with Gasteiger partial charge >= 0.3 is 0 Å². The second-order valence-corrected chi connectivity index (χ2v) is 8.12. The molecule has 1 N–H and O–H groups in total. The van der Waals surface area contributed by atoms with Crippen molar-refractivity contribution >= 4 is 22.4 Å². The summed E-state index contributed by atoms with van der Waals surface area (Å²) in [6.45, 7) is 8.21. The highest BCUT2D eigenvalue weighted by Crippen LogP contribution is 2.24. The normalized spacial score (nSPS) is 27.5. The molecule has 2 heterocycles. The Morgan fingerprint density at radius 1 is 1.25 bits per heavy atom. The zero-order valence-electron chi connectivity index (χ0n) is 14.9. The van der Waals surface area contributed by atoms with Crippen molar-refractivity contribution in [1.82, 2.24) is 15.2 Å². The molecule has 2 aliphatic rings. The van der Waals surface area contributed by atoms with E-state index >= 15 is 0 Å². The van der Waals surface area contributed by atoms with Crippen molar-refractivity contribution in [3.8, 4) is 0 Å². The standard InChI is InChI=1S/C18H30N4OS/c1-14-6-3-4-7-16(14)20-17(23)15(2)21-9-5-10-22(12-11-21)18-19-8-13-24-18/h8,13-16H,3-7,9-12H2,1-2H3,(H,20,23). The Kier molecular flexibility index (Phi) is 6.11. The van der Waals surface area contributed by atoms with Crippen LogP contribution in [0, 0.1) is 5.92 Å². The minimum Gasteiger partial charge on any atom is -0.352 e. The summed E-state index contributed by atoms with van der Waals surface area (Å²) >= 11 is 1.70. The fourth-order valence-corrected chi connectivity index (χ4v) is 4.58. The predicted octanol–water partition coefficient (Wildman–Crippen LogP) is 2.74. The molecule has 6 heteroatoms. The van der Waals surface area contributed by atoms with Crippen LogP contribution in [0.15, 0.2) is 11.6 Å². The third-order valence-electron chi connectivity index (χ3n) is 5.59. The van der Waals surface area contributed by atoms with Gasteiger partial charge in [-0.15, -0.1) is 11.3 Å². The van der Waals surface area contributed by atoms with Crippen molar-refractivity contribution < 1.29 is 4.79 Å². The molecule has 1 aliphatic heterocycles. The van der Waals surface area contributed by atoms with Crippen molar-refractivity contribution in [2.75, 3.05) is 31.1 Å². The highest BCUT2D eigenvalue weighted by molar-refractivity contribution is 7.13. The first kappa shape index (κ1) is 17.7. The van der Waals surface area contributed by atoms with Gasteiger partial charge in [-0.1, -0.05) is 19.8 Å². The van der Waals surface area contributed by atoms with E-state index in [-0.39, 0.29) is 11.9 Å². The summed E-state index contributed by atoms with van der Waals surface area (Å²) in [5, 5.41) is 6.45. The van der Waals surface area contributed by atoms with E-state index in [0.29, 0.717) is 12.0 Å². The number of anilines is 1. The lowest BCUT2D eigenvalue weighted by Crippen LogP contribution is -2.51. The number of rotatable bonds is 4. The van der Waals surface area contributed by atoms with Gasteiger partial charge in [0.05, 0.1) is 6.04 Å². The van der Waals surface area contributed by atoms with E-state index in [1.54, 1.807) is 11.3 Å². The maximum absolute atomic E-state index is 12.7. The molecule has 134 valence electrons. The van der Waals surface area contributed by atoms with Gasteiger partial charge in [0.1, 0.15) is 0 Å². The summed E-state index contributed by atoms with van der Waals surface area (Å²) in [6.07, 6.45) is 7.88. The summed E-state index contributed by atoms with van der Waals surface area (Å²) in [5.41, 5.74) is 0. The number of amides is 1.